The van der Waals surface area contributed by atoms with E-state index in [-0.39, 0.29) is 0 Å². The lowest BCUT2D eigenvalue weighted by Crippen LogP contribution is -2.05. The first-order valence-corrected chi connectivity index (χ1v) is 6.49. The summed E-state index contributed by atoms with van der Waals surface area (Å²) in [5, 5.41) is 4.19. The predicted octanol–water partition coefficient (Wildman–Crippen LogP) is 2.78. The molecule has 0 bridgehead atoms. The van der Waals surface area contributed by atoms with Crippen molar-refractivity contribution >= 4 is 41.1 Å². The molecule has 0 aliphatic rings. The van der Waals surface area contributed by atoms with E-state index in [0.717, 1.165) is 10.8 Å². The molecule has 0 saturated carbocycles. The van der Waals surface area contributed by atoms with Crippen molar-refractivity contribution in [2.45, 2.75) is 10.3 Å². The van der Waals surface area contributed by atoms with E-state index in [0.29, 0.717) is 5.25 Å². The van der Waals surface area contributed by atoms with Crippen LogP contribution in [0.5, 0.6) is 0 Å². The van der Waals surface area contributed by atoms with Crippen molar-refractivity contribution in [3.63, 3.8) is 0 Å². The van der Waals surface area contributed by atoms with Crippen LogP contribution in [-0.2, 0) is 0 Å². The van der Waals surface area contributed by atoms with E-state index in [4.69, 9.17) is 12.2 Å². The second-order valence-electron chi connectivity index (χ2n) is 2.32. The first kappa shape index (κ1) is 11.0. The molecule has 0 aliphatic carbocycles. The van der Waals surface area contributed by atoms with Crippen LogP contribution in [-0.4, -0.2) is 27.6 Å². The van der Waals surface area contributed by atoms with E-state index in [1.54, 1.807) is 29.7 Å². The van der Waals surface area contributed by atoms with Gasteiger partial charge < -0.3 is 0 Å². The van der Waals surface area contributed by atoms with Gasteiger partial charge in [-0.15, -0.1) is 11.8 Å². The van der Waals surface area contributed by atoms with Gasteiger partial charge in [0.25, 0.3) is 0 Å². The second-order valence-corrected chi connectivity index (χ2v) is 4.64. The van der Waals surface area contributed by atoms with Gasteiger partial charge >= 0.3 is 0 Å². The first-order valence-electron chi connectivity index (χ1n) is 3.81. The highest BCUT2D eigenvalue weighted by atomic mass is 32.2. The average molecular weight is 228 g/mol. The van der Waals surface area contributed by atoms with Gasteiger partial charge in [0.15, 0.2) is 0 Å². The Bertz CT molecular complexity index is 250. The molecule has 0 spiro atoms. The lowest BCUT2D eigenvalue weighted by molar-refractivity contribution is 1.13. The molecule has 13 heavy (non-hydrogen) atoms. The van der Waals surface area contributed by atoms with E-state index in [2.05, 4.69) is 10.4 Å². The largest absolute Gasteiger partial charge is 0.250 e. The van der Waals surface area contributed by atoms with E-state index in [1.165, 1.54) is 0 Å². The smallest absolute Gasteiger partial charge is 0.0960 e. The molecular weight excluding hydrogens is 218 g/mol. The molecule has 4 heteroatoms. The van der Waals surface area contributed by atoms with Gasteiger partial charge in [0.2, 0.25) is 0 Å². The van der Waals surface area contributed by atoms with Gasteiger partial charge in [0.1, 0.15) is 0 Å². The van der Waals surface area contributed by atoms with Crippen molar-refractivity contribution in [2.75, 3.05) is 12.0 Å². The summed E-state index contributed by atoms with van der Waals surface area (Å²) in [7, 11) is 0. The third-order valence-corrected chi connectivity index (χ3v) is 3.97. The summed E-state index contributed by atoms with van der Waals surface area (Å²) < 4.78 is 0. The van der Waals surface area contributed by atoms with Crippen LogP contribution in [0, 0.1) is 0 Å². The highest BCUT2D eigenvalue weighted by molar-refractivity contribution is 8.04. The van der Waals surface area contributed by atoms with Crippen molar-refractivity contribution < 1.29 is 0 Å². The molecule has 1 radical (unpaired) electrons. The molecule has 0 N–H and O–H groups in total. The Morgan fingerprint density at radius 3 is 3.00 bits per heavy atom. The summed E-state index contributed by atoms with van der Waals surface area (Å²) in [6.45, 7) is 0. The van der Waals surface area contributed by atoms with E-state index < -0.39 is 0 Å². The number of hydrogen-bond acceptors (Lipinski definition) is 4. The summed E-state index contributed by atoms with van der Waals surface area (Å²) in [6, 6.07) is 5.91. The summed E-state index contributed by atoms with van der Waals surface area (Å²) >= 11 is 8.23. The fraction of sp³-hybridized carbons (Fsp3) is 0.333. The van der Waals surface area contributed by atoms with Crippen molar-refractivity contribution in [3.05, 3.63) is 24.4 Å². The van der Waals surface area contributed by atoms with Gasteiger partial charge in [-0.05, 0) is 18.4 Å². The summed E-state index contributed by atoms with van der Waals surface area (Å²) in [5.74, 6) is 0.946. The number of thioether (sulfide) groups is 2. The summed E-state index contributed by atoms with van der Waals surface area (Å²) in [4.78, 5) is 4.21. The fourth-order valence-electron chi connectivity index (χ4n) is 0.744. The fourth-order valence-corrected chi connectivity index (χ4v) is 2.78. The van der Waals surface area contributed by atoms with Crippen LogP contribution in [0.2, 0.25) is 0 Å². The molecule has 0 saturated heterocycles. The number of pyridine rings is 1. The van der Waals surface area contributed by atoms with Crippen molar-refractivity contribution in [3.8, 4) is 0 Å². The third kappa shape index (κ3) is 4.11. The van der Waals surface area contributed by atoms with Gasteiger partial charge in [-0.3, -0.25) is 0 Å². The topological polar surface area (TPSA) is 12.9 Å². The number of hydrogen-bond donors (Lipinski definition) is 0. The van der Waals surface area contributed by atoms with Gasteiger partial charge in [0.05, 0.1) is 10.3 Å². The third-order valence-electron chi connectivity index (χ3n) is 1.44. The van der Waals surface area contributed by atoms with Crippen molar-refractivity contribution in [1.29, 1.82) is 0 Å². The standard InChI is InChI=1S/C9H10NS3/c1-12-8(6-11)7-13-9-4-2-3-5-10-9/h2-5,8H,7H2,1H3. The van der Waals surface area contributed by atoms with Crippen LogP contribution in [0.3, 0.4) is 0 Å². The molecule has 69 valence electrons. The Labute approximate surface area is 92.7 Å². The van der Waals surface area contributed by atoms with Gasteiger partial charge in [-0.25, -0.2) is 4.98 Å². The second kappa shape index (κ2) is 6.40. The zero-order valence-corrected chi connectivity index (χ0v) is 9.72. The molecule has 1 nitrogen and oxygen atoms in total. The highest BCUT2D eigenvalue weighted by Crippen LogP contribution is 2.19. The van der Waals surface area contributed by atoms with E-state index in [1.807, 2.05) is 24.5 Å². The Balaban J connectivity index is 2.38. The van der Waals surface area contributed by atoms with E-state index >= 15 is 0 Å². The zero-order chi connectivity index (χ0) is 9.52. The van der Waals surface area contributed by atoms with Crippen LogP contribution >= 0.6 is 35.7 Å². The monoisotopic (exact) mass is 228 g/mol. The maximum atomic E-state index is 4.78. The first-order chi connectivity index (χ1) is 6.36. The minimum absolute atomic E-state index is 0.321. The zero-order valence-electron chi connectivity index (χ0n) is 7.27. The van der Waals surface area contributed by atoms with Gasteiger partial charge in [-0.1, -0.05) is 18.3 Å². The SMILES string of the molecule is CSC([C]=S)CSc1ccccn1. The normalized spacial score (nSPS) is 12.4. The van der Waals surface area contributed by atoms with Crippen LogP contribution in [0.25, 0.3) is 0 Å². The van der Waals surface area contributed by atoms with Crippen LogP contribution in [0.1, 0.15) is 0 Å². The number of aromatic nitrogens is 1. The average Bonchev–Trinajstić information content (AvgIpc) is 2.21. The Kier molecular flexibility index (Phi) is 5.43. The summed E-state index contributed by atoms with van der Waals surface area (Å²) in [6.07, 6.45) is 3.85. The molecular formula is C9H10NS3. The Morgan fingerprint density at radius 1 is 1.62 bits per heavy atom. The van der Waals surface area contributed by atoms with Crippen molar-refractivity contribution in [2.24, 2.45) is 0 Å². The van der Waals surface area contributed by atoms with E-state index in [9.17, 15) is 0 Å². The summed E-state index contributed by atoms with van der Waals surface area (Å²) in [5.41, 5.74) is 0. The lowest BCUT2D eigenvalue weighted by Gasteiger charge is -2.05. The van der Waals surface area contributed by atoms with Crippen LogP contribution in [0.4, 0.5) is 0 Å². The number of nitrogens with zero attached hydrogens (tertiary/aromatic N) is 1. The molecule has 1 aromatic rings. The molecule has 0 aromatic carbocycles. The predicted molar refractivity (Wildman–Crippen MR) is 64.9 cm³/mol. The lowest BCUT2D eigenvalue weighted by atomic mass is 10.5. The van der Waals surface area contributed by atoms with Crippen LogP contribution in [0.15, 0.2) is 29.4 Å². The molecule has 1 heterocycles. The molecule has 0 fully saturated rings. The maximum absolute atomic E-state index is 4.78. The Morgan fingerprint density at radius 2 is 2.46 bits per heavy atom. The maximum Gasteiger partial charge on any atom is 0.0960 e. The highest BCUT2D eigenvalue weighted by Gasteiger charge is 2.04. The Hall–Kier alpha value is -0.0600. The molecule has 1 unspecified atom stereocenters. The quantitative estimate of drug-likeness (QED) is 0.567. The molecule has 1 atom stereocenters. The molecule has 1 rings (SSSR count). The molecule has 1 aromatic heterocycles. The van der Waals surface area contributed by atoms with Gasteiger partial charge in [0, 0.05) is 17.3 Å². The number of thiocarbonyl (C=S) groups is 1. The minimum Gasteiger partial charge on any atom is -0.250 e. The minimum atomic E-state index is 0.321. The molecule has 0 aliphatic heterocycles. The van der Waals surface area contributed by atoms with Gasteiger partial charge in [-0.2, -0.15) is 11.8 Å². The van der Waals surface area contributed by atoms with Crippen molar-refractivity contribution in [1.82, 2.24) is 4.98 Å². The molecule has 0 amide bonds. The number of rotatable bonds is 5. The van der Waals surface area contributed by atoms with Crippen LogP contribution < -0.4 is 0 Å².